The average molecular weight is 452 g/mol. The van der Waals surface area contributed by atoms with Gasteiger partial charge in [0.1, 0.15) is 30.0 Å². The summed E-state index contributed by atoms with van der Waals surface area (Å²) in [6.07, 6.45) is 3.50. The zero-order chi connectivity index (χ0) is 22.7. The van der Waals surface area contributed by atoms with Crippen molar-refractivity contribution in [1.29, 1.82) is 5.26 Å². The van der Waals surface area contributed by atoms with Crippen LogP contribution in [0.2, 0.25) is 0 Å². The van der Waals surface area contributed by atoms with Crippen molar-refractivity contribution in [2.75, 3.05) is 36.5 Å². The first-order valence-corrected chi connectivity index (χ1v) is 10.5. The molecule has 10 nitrogen and oxygen atoms in total. The van der Waals surface area contributed by atoms with Crippen molar-refractivity contribution in [2.45, 2.75) is 19.4 Å². The van der Waals surface area contributed by atoms with Crippen molar-refractivity contribution >= 4 is 42.1 Å². The van der Waals surface area contributed by atoms with Gasteiger partial charge in [-0.25, -0.2) is 9.78 Å². The Balaban J connectivity index is 1.58. The summed E-state index contributed by atoms with van der Waals surface area (Å²) in [5, 5.41) is 11.7. The fourth-order valence-electron chi connectivity index (χ4n) is 3.72. The van der Waals surface area contributed by atoms with Gasteiger partial charge in [-0.05, 0) is 30.5 Å². The number of aromatic amines is 1. The van der Waals surface area contributed by atoms with Crippen molar-refractivity contribution in [3.05, 3.63) is 45.2 Å². The molecule has 2 aliphatic rings. The van der Waals surface area contributed by atoms with Crippen LogP contribution in [-0.4, -0.2) is 59.4 Å². The number of nitrogens with zero attached hydrogens (tertiary/aromatic N) is 4. The summed E-state index contributed by atoms with van der Waals surface area (Å²) in [6.45, 7) is 1.63. The Morgan fingerprint density at radius 1 is 1.41 bits per heavy atom. The van der Waals surface area contributed by atoms with E-state index in [1.165, 1.54) is 17.2 Å². The number of carbonyl (C=O) groups excluding carboxylic acids is 3. The molecule has 0 bridgehead atoms. The number of morpholine rings is 1. The first kappa shape index (κ1) is 21.6. The Bertz CT molecular complexity index is 1190. The number of aromatic nitrogens is 2. The molecule has 1 saturated heterocycles. The summed E-state index contributed by atoms with van der Waals surface area (Å²) in [5.74, 6) is 0.635. The van der Waals surface area contributed by atoms with E-state index in [0.29, 0.717) is 59.7 Å². The maximum absolute atomic E-state index is 12.9. The van der Waals surface area contributed by atoms with Gasteiger partial charge in [-0.3, -0.25) is 19.8 Å². The highest BCUT2D eigenvalue weighted by atomic mass is 32.1. The van der Waals surface area contributed by atoms with E-state index < -0.39 is 6.03 Å². The molecule has 2 aliphatic heterocycles. The number of aldehydes is 1. The van der Waals surface area contributed by atoms with Crippen LogP contribution >= 0.6 is 12.2 Å². The maximum atomic E-state index is 12.9. The Morgan fingerprint density at radius 2 is 2.25 bits per heavy atom. The van der Waals surface area contributed by atoms with Crippen LogP contribution in [0.5, 0.6) is 0 Å². The van der Waals surface area contributed by atoms with Crippen molar-refractivity contribution in [3.8, 4) is 6.07 Å². The molecule has 11 heteroatoms. The minimum Gasteiger partial charge on any atom is -0.370 e. The third-order valence-electron chi connectivity index (χ3n) is 5.35. The van der Waals surface area contributed by atoms with Crippen molar-refractivity contribution in [1.82, 2.24) is 14.9 Å². The van der Waals surface area contributed by atoms with Gasteiger partial charge in [-0.2, -0.15) is 5.26 Å². The van der Waals surface area contributed by atoms with Gasteiger partial charge in [0.15, 0.2) is 6.29 Å². The molecule has 3 amide bonds. The summed E-state index contributed by atoms with van der Waals surface area (Å²) in [5.41, 5.74) is 1.98. The number of pyridine rings is 2. The van der Waals surface area contributed by atoms with Crippen LogP contribution in [0, 0.1) is 15.8 Å². The van der Waals surface area contributed by atoms with E-state index in [9.17, 15) is 14.4 Å². The highest BCUT2D eigenvalue weighted by Gasteiger charge is 2.27. The van der Waals surface area contributed by atoms with Gasteiger partial charge < -0.3 is 14.6 Å². The van der Waals surface area contributed by atoms with Gasteiger partial charge in [0.25, 0.3) is 0 Å². The molecule has 0 atom stereocenters. The molecule has 0 radical (unpaired) electrons. The third-order valence-corrected chi connectivity index (χ3v) is 5.69. The van der Waals surface area contributed by atoms with Gasteiger partial charge in [-0.1, -0.05) is 12.2 Å². The van der Waals surface area contributed by atoms with E-state index in [1.807, 2.05) is 12.1 Å². The summed E-state index contributed by atoms with van der Waals surface area (Å²) < 4.78 is 5.48. The zero-order valence-corrected chi connectivity index (χ0v) is 17.9. The number of nitriles is 1. The van der Waals surface area contributed by atoms with Crippen LogP contribution in [0.15, 0.2) is 18.3 Å². The molecule has 0 spiro atoms. The van der Waals surface area contributed by atoms with E-state index in [1.54, 1.807) is 4.90 Å². The molecule has 32 heavy (non-hydrogen) atoms. The predicted octanol–water partition coefficient (Wildman–Crippen LogP) is 2.17. The number of urea groups is 1. The fraction of sp³-hybridized carbons (Fsp3) is 0.333. The second-order valence-electron chi connectivity index (χ2n) is 7.42. The van der Waals surface area contributed by atoms with Gasteiger partial charge in [0.05, 0.1) is 16.7 Å². The molecule has 164 valence electrons. The monoisotopic (exact) mass is 452 g/mol. The predicted molar refractivity (Wildman–Crippen MR) is 117 cm³/mol. The standard InChI is InChI=1S/C21H20N6O4S/c22-8-15-9-23-18(7-17(15)32)25-21(30)27-3-1-2-13-6-14(16(11-28)24-20(13)27)10-26-4-5-31-12-19(26)29/h6-7,9,11H,1-5,10,12H2,(H2,23,25,30,32). The molecule has 2 aromatic rings. The smallest absolute Gasteiger partial charge is 0.328 e. The lowest BCUT2D eigenvalue weighted by molar-refractivity contribution is -0.143. The first-order chi connectivity index (χ1) is 15.5. The highest BCUT2D eigenvalue weighted by Crippen LogP contribution is 2.28. The zero-order valence-electron chi connectivity index (χ0n) is 17.1. The van der Waals surface area contributed by atoms with Crippen LogP contribution in [0.25, 0.3) is 0 Å². The number of rotatable bonds is 4. The minimum absolute atomic E-state index is 0.0289. The molecular formula is C21H20N6O4S. The quantitative estimate of drug-likeness (QED) is 0.537. The lowest BCUT2D eigenvalue weighted by atomic mass is 10.0. The van der Waals surface area contributed by atoms with Crippen LogP contribution in [0.1, 0.15) is 33.6 Å². The number of amides is 3. The number of hydrogen-bond acceptors (Lipinski definition) is 7. The Hall–Kier alpha value is -3.62. The normalized spacial score (nSPS) is 15.7. The molecule has 2 aromatic heterocycles. The van der Waals surface area contributed by atoms with E-state index >= 15 is 0 Å². The van der Waals surface area contributed by atoms with E-state index in [2.05, 4.69) is 15.3 Å². The molecule has 4 heterocycles. The Kier molecular flexibility index (Phi) is 6.25. The molecule has 0 saturated carbocycles. The van der Waals surface area contributed by atoms with E-state index in [4.69, 9.17) is 22.2 Å². The molecule has 1 fully saturated rings. The molecule has 2 N–H and O–H groups in total. The number of nitrogens with one attached hydrogen (secondary N) is 2. The van der Waals surface area contributed by atoms with Gasteiger partial charge in [0, 0.05) is 31.4 Å². The molecule has 4 rings (SSSR count). The summed E-state index contributed by atoms with van der Waals surface area (Å²) >= 11 is 5.14. The highest BCUT2D eigenvalue weighted by molar-refractivity contribution is 7.71. The molecule has 0 aliphatic carbocycles. The summed E-state index contributed by atoms with van der Waals surface area (Å²) in [4.78, 5) is 47.2. The van der Waals surface area contributed by atoms with Crippen LogP contribution in [0.3, 0.4) is 0 Å². The van der Waals surface area contributed by atoms with Crippen molar-refractivity contribution in [3.63, 3.8) is 0 Å². The van der Waals surface area contributed by atoms with Gasteiger partial charge in [-0.15, -0.1) is 0 Å². The number of H-pyrrole nitrogens is 1. The second-order valence-corrected chi connectivity index (χ2v) is 7.86. The van der Waals surface area contributed by atoms with Crippen LogP contribution in [0.4, 0.5) is 16.4 Å². The van der Waals surface area contributed by atoms with Gasteiger partial charge >= 0.3 is 6.03 Å². The van der Waals surface area contributed by atoms with Crippen LogP contribution < -0.4 is 10.2 Å². The van der Waals surface area contributed by atoms with E-state index in [0.717, 1.165) is 12.0 Å². The van der Waals surface area contributed by atoms with Crippen LogP contribution in [-0.2, 0) is 22.5 Å². The second kappa shape index (κ2) is 9.25. The topological polar surface area (TPSA) is 131 Å². The number of carbonyl (C=O) groups is 3. The SMILES string of the molecule is N#Cc1c[nH]c(NC(=O)N2CCCc3cc(CN4CCOCC4=O)c(C=O)nc32)cc1=S. The van der Waals surface area contributed by atoms with Crippen molar-refractivity contribution < 1.29 is 19.1 Å². The Morgan fingerprint density at radius 3 is 2.97 bits per heavy atom. The van der Waals surface area contributed by atoms with Gasteiger partial charge in [0.2, 0.25) is 5.91 Å². The number of aryl methyl sites for hydroxylation is 1. The van der Waals surface area contributed by atoms with E-state index in [-0.39, 0.29) is 24.8 Å². The largest absolute Gasteiger partial charge is 0.370 e. The fourth-order valence-corrected chi connectivity index (χ4v) is 3.94. The molecular weight excluding hydrogens is 432 g/mol. The van der Waals surface area contributed by atoms with Crippen molar-refractivity contribution in [2.24, 2.45) is 0 Å². The summed E-state index contributed by atoms with van der Waals surface area (Å²) in [7, 11) is 0. The number of hydrogen-bond donors (Lipinski definition) is 2. The molecule has 0 aromatic carbocycles. The number of fused-ring (bicyclic) bond motifs is 1. The number of anilines is 2. The maximum Gasteiger partial charge on any atom is 0.328 e. The lowest BCUT2D eigenvalue weighted by Crippen LogP contribution is -2.42. The first-order valence-electron chi connectivity index (χ1n) is 10.0. The average Bonchev–Trinajstić information content (AvgIpc) is 2.79. The molecule has 0 unspecified atom stereocenters. The lowest BCUT2D eigenvalue weighted by Gasteiger charge is -2.30. The Labute approximate surface area is 188 Å². The number of ether oxygens (including phenoxy) is 1. The third kappa shape index (κ3) is 4.37. The minimum atomic E-state index is -0.429. The summed E-state index contributed by atoms with van der Waals surface area (Å²) in [6, 6.07) is 4.89.